The summed E-state index contributed by atoms with van der Waals surface area (Å²) < 4.78 is 0. The van der Waals surface area contributed by atoms with Crippen LogP contribution in [-0.4, -0.2) is 19.0 Å². The molecule has 0 spiro atoms. The average Bonchev–Trinajstić information content (AvgIpc) is 2.35. The number of hydrogen-bond donors (Lipinski definition) is 2. The van der Waals surface area contributed by atoms with Gasteiger partial charge in [-0.3, -0.25) is 4.79 Å². The first-order valence-electron chi connectivity index (χ1n) is 5.83. The lowest BCUT2D eigenvalue weighted by Gasteiger charge is -2.26. The van der Waals surface area contributed by atoms with Crippen LogP contribution in [0.2, 0.25) is 0 Å². The number of nitrogens with zero attached hydrogens (tertiary/aromatic N) is 2. The molecule has 5 heteroatoms. The van der Waals surface area contributed by atoms with Gasteiger partial charge in [-0.2, -0.15) is 5.26 Å². The van der Waals surface area contributed by atoms with Crippen LogP contribution < -0.4 is 16.4 Å². The fourth-order valence-corrected chi connectivity index (χ4v) is 1.79. The second-order valence-electron chi connectivity index (χ2n) is 4.21. The van der Waals surface area contributed by atoms with Crippen LogP contribution in [0.15, 0.2) is 18.2 Å². The van der Waals surface area contributed by atoms with E-state index in [0.29, 0.717) is 30.0 Å². The van der Waals surface area contributed by atoms with Crippen LogP contribution in [-0.2, 0) is 0 Å². The first kappa shape index (κ1) is 13.8. The van der Waals surface area contributed by atoms with Gasteiger partial charge in [0.05, 0.1) is 23.2 Å². The Morgan fingerprint density at radius 1 is 1.56 bits per heavy atom. The number of hydrogen-bond acceptors (Lipinski definition) is 4. The van der Waals surface area contributed by atoms with Gasteiger partial charge in [0.25, 0.3) is 5.91 Å². The standard InChI is InChI=1S/C13H18N4O/c1-3-17(8-9(2)7-14)12-6-10(15)4-5-11(12)13(16)18/h4-6,9H,3,8,15H2,1-2H3,(H2,16,18). The summed E-state index contributed by atoms with van der Waals surface area (Å²) in [5, 5.41) is 8.87. The van der Waals surface area contributed by atoms with E-state index < -0.39 is 5.91 Å². The lowest BCUT2D eigenvalue weighted by atomic mass is 10.1. The van der Waals surface area contributed by atoms with Crippen LogP contribution >= 0.6 is 0 Å². The summed E-state index contributed by atoms with van der Waals surface area (Å²) in [6, 6.07) is 7.15. The Morgan fingerprint density at radius 2 is 2.22 bits per heavy atom. The van der Waals surface area contributed by atoms with Crippen molar-refractivity contribution in [2.45, 2.75) is 13.8 Å². The predicted octanol–water partition coefficient (Wildman–Crippen LogP) is 1.35. The molecule has 0 aliphatic rings. The lowest BCUT2D eigenvalue weighted by molar-refractivity contribution is 0.100. The molecule has 4 N–H and O–H groups in total. The lowest BCUT2D eigenvalue weighted by Crippen LogP contribution is -2.30. The first-order valence-corrected chi connectivity index (χ1v) is 5.83. The van der Waals surface area contributed by atoms with Gasteiger partial charge in [0.2, 0.25) is 0 Å². The molecule has 5 nitrogen and oxygen atoms in total. The van der Waals surface area contributed by atoms with Crippen molar-refractivity contribution in [2.75, 3.05) is 23.7 Å². The highest BCUT2D eigenvalue weighted by Crippen LogP contribution is 2.24. The monoisotopic (exact) mass is 246 g/mol. The third kappa shape index (κ3) is 3.14. The minimum atomic E-state index is -0.493. The Kier molecular flexibility index (Phi) is 4.55. The number of nitrogen functional groups attached to an aromatic ring is 1. The Hall–Kier alpha value is -2.22. The Labute approximate surface area is 107 Å². The molecule has 1 unspecified atom stereocenters. The molecule has 0 fully saturated rings. The maximum atomic E-state index is 11.4. The van der Waals surface area contributed by atoms with E-state index >= 15 is 0 Å². The van der Waals surface area contributed by atoms with Crippen LogP contribution in [0.25, 0.3) is 0 Å². The zero-order valence-electron chi connectivity index (χ0n) is 10.7. The third-order valence-corrected chi connectivity index (χ3v) is 2.72. The fourth-order valence-electron chi connectivity index (χ4n) is 1.79. The van der Waals surface area contributed by atoms with Gasteiger partial charge >= 0.3 is 0 Å². The van der Waals surface area contributed by atoms with Crippen molar-refractivity contribution in [3.63, 3.8) is 0 Å². The highest BCUT2D eigenvalue weighted by molar-refractivity contribution is 5.99. The summed E-state index contributed by atoms with van der Waals surface area (Å²) in [6.07, 6.45) is 0. The van der Waals surface area contributed by atoms with Crippen molar-refractivity contribution < 1.29 is 4.79 Å². The van der Waals surface area contributed by atoms with Gasteiger partial charge in [-0.15, -0.1) is 0 Å². The summed E-state index contributed by atoms with van der Waals surface area (Å²) in [7, 11) is 0. The van der Waals surface area contributed by atoms with Gasteiger partial charge < -0.3 is 16.4 Å². The molecule has 1 amide bonds. The summed E-state index contributed by atoms with van der Waals surface area (Å²) in [4.78, 5) is 13.3. The zero-order chi connectivity index (χ0) is 13.7. The fraction of sp³-hybridized carbons (Fsp3) is 0.385. The zero-order valence-corrected chi connectivity index (χ0v) is 10.7. The van der Waals surface area contributed by atoms with Crippen molar-refractivity contribution in [1.82, 2.24) is 0 Å². The molecule has 18 heavy (non-hydrogen) atoms. The second kappa shape index (κ2) is 5.92. The molecular formula is C13H18N4O. The molecule has 0 aliphatic heterocycles. The SMILES string of the molecule is CCN(CC(C)C#N)c1cc(N)ccc1C(N)=O. The van der Waals surface area contributed by atoms with Crippen LogP contribution in [0.5, 0.6) is 0 Å². The molecule has 0 saturated carbocycles. The van der Waals surface area contributed by atoms with Gasteiger partial charge in [-0.1, -0.05) is 0 Å². The molecule has 0 heterocycles. The van der Waals surface area contributed by atoms with E-state index in [-0.39, 0.29) is 5.92 Å². The maximum absolute atomic E-state index is 11.4. The van der Waals surface area contributed by atoms with Crippen LogP contribution in [0.1, 0.15) is 24.2 Å². The topological polar surface area (TPSA) is 96.1 Å². The Balaban J connectivity index is 3.15. The van der Waals surface area contributed by atoms with Crippen LogP contribution in [0.4, 0.5) is 11.4 Å². The van der Waals surface area contributed by atoms with Crippen LogP contribution in [0.3, 0.4) is 0 Å². The number of nitrogens with two attached hydrogens (primary N) is 2. The molecule has 1 aromatic rings. The molecule has 1 aromatic carbocycles. The van der Waals surface area contributed by atoms with Crippen molar-refractivity contribution >= 4 is 17.3 Å². The highest BCUT2D eigenvalue weighted by Gasteiger charge is 2.16. The number of rotatable bonds is 5. The largest absolute Gasteiger partial charge is 0.399 e. The van der Waals surface area contributed by atoms with Crippen molar-refractivity contribution in [1.29, 1.82) is 5.26 Å². The summed E-state index contributed by atoms with van der Waals surface area (Å²) in [5.41, 5.74) is 12.8. The molecule has 1 rings (SSSR count). The van der Waals surface area contributed by atoms with E-state index in [9.17, 15) is 4.79 Å². The van der Waals surface area contributed by atoms with E-state index in [1.807, 2.05) is 18.7 Å². The summed E-state index contributed by atoms with van der Waals surface area (Å²) in [6.45, 7) is 5.00. The number of primary amides is 1. The average molecular weight is 246 g/mol. The molecular weight excluding hydrogens is 228 g/mol. The smallest absolute Gasteiger partial charge is 0.250 e. The van der Waals surface area contributed by atoms with E-state index in [4.69, 9.17) is 16.7 Å². The normalized spacial score (nSPS) is 11.6. The van der Waals surface area contributed by atoms with Gasteiger partial charge in [-0.25, -0.2) is 0 Å². The Morgan fingerprint density at radius 3 is 2.72 bits per heavy atom. The molecule has 96 valence electrons. The number of carbonyl (C=O) groups excluding carboxylic acids is 1. The number of benzene rings is 1. The van der Waals surface area contributed by atoms with Gasteiger partial charge in [0.15, 0.2) is 0 Å². The minimum absolute atomic E-state index is 0.132. The van der Waals surface area contributed by atoms with Crippen LogP contribution in [0, 0.1) is 17.2 Å². The van der Waals surface area contributed by atoms with E-state index in [1.165, 1.54) is 0 Å². The van der Waals surface area contributed by atoms with Crippen molar-refractivity contribution in [3.05, 3.63) is 23.8 Å². The van der Waals surface area contributed by atoms with Crippen molar-refractivity contribution in [3.8, 4) is 6.07 Å². The highest BCUT2D eigenvalue weighted by atomic mass is 16.1. The molecule has 0 saturated heterocycles. The first-order chi connectivity index (χ1) is 8.49. The number of amides is 1. The number of anilines is 2. The molecule has 0 radical (unpaired) electrons. The molecule has 0 aliphatic carbocycles. The minimum Gasteiger partial charge on any atom is -0.399 e. The van der Waals surface area contributed by atoms with Gasteiger partial charge in [-0.05, 0) is 32.0 Å². The molecule has 0 aromatic heterocycles. The second-order valence-corrected chi connectivity index (χ2v) is 4.21. The number of nitriles is 1. The Bertz CT molecular complexity index is 478. The predicted molar refractivity (Wildman–Crippen MR) is 72.0 cm³/mol. The van der Waals surface area contributed by atoms with E-state index in [0.717, 1.165) is 0 Å². The quantitative estimate of drug-likeness (QED) is 0.766. The molecule has 1 atom stereocenters. The van der Waals surface area contributed by atoms with Gasteiger partial charge in [0, 0.05) is 18.8 Å². The van der Waals surface area contributed by atoms with E-state index in [1.54, 1.807) is 18.2 Å². The third-order valence-electron chi connectivity index (χ3n) is 2.72. The van der Waals surface area contributed by atoms with E-state index in [2.05, 4.69) is 6.07 Å². The van der Waals surface area contributed by atoms with Crippen molar-refractivity contribution in [2.24, 2.45) is 11.7 Å². The summed E-state index contributed by atoms with van der Waals surface area (Å²) >= 11 is 0. The van der Waals surface area contributed by atoms with Gasteiger partial charge in [0.1, 0.15) is 0 Å². The summed E-state index contributed by atoms with van der Waals surface area (Å²) in [5.74, 6) is -0.625. The molecule has 0 bridgehead atoms. The number of carbonyl (C=O) groups is 1. The maximum Gasteiger partial charge on any atom is 0.250 e.